The number of piperidine rings is 1. The summed E-state index contributed by atoms with van der Waals surface area (Å²) in [6.07, 6.45) is -2.46. The molecule has 9 heteroatoms. The molecule has 1 fully saturated rings. The van der Waals surface area contributed by atoms with Crippen LogP contribution in [0.1, 0.15) is 60.6 Å². The van der Waals surface area contributed by atoms with Gasteiger partial charge in [-0.1, -0.05) is 19.1 Å². The van der Waals surface area contributed by atoms with Crippen LogP contribution in [0.5, 0.6) is 0 Å². The number of halogens is 4. The third kappa shape index (κ3) is 3.89. The normalized spacial score (nSPS) is 24.3. The first-order chi connectivity index (χ1) is 14.3. The lowest BCUT2D eigenvalue weighted by Gasteiger charge is -2.33. The lowest BCUT2D eigenvalue weighted by Crippen LogP contribution is -2.40. The van der Waals surface area contributed by atoms with Crippen molar-refractivity contribution in [2.75, 3.05) is 18.4 Å². The maximum absolute atomic E-state index is 14.0. The number of nitrogens with zero attached hydrogens (tertiary/aromatic N) is 3. The third-order valence-electron chi connectivity index (χ3n) is 6.01. The molecular weight excluding hydrogens is 400 g/mol. The van der Waals surface area contributed by atoms with Crippen LogP contribution in [0, 0.1) is 5.82 Å². The Bertz CT molecular complexity index is 926. The van der Waals surface area contributed by atoms with Gasteiger partial charge in [-0.2, -0.15) is 18.3 Å². The van der Waals surface area contributed by atoms with Gasteiger partial charge in [0.25, 0.3) is 5.91 Å². The van der Waals surface area contributed by atoms with Crippen molar-refractivity contribution in [2.24, 2.45) is 0 Å². The standard InChI is InChI=1S/C21H24F4N4O/c1-2-14-10-18(21(23,24)25)29-19(26-14)11-17(27-29)13-6-5-9-28(12-13)20(30)15-7-3-4-8-16(15)22/h3-4,7-8,11,13-14,18,26H,2,5-6,9-10,12H2,1H3/t13-,14-,18-/m1/s1. The highest BCUT2D eigenvalue weighted by Crippen LogP contribution is 2.41. The highest BCUT2D eigenvalue weighted by atomic mass is 19.4. The maximum atomic E-state index is 14.0. The van der Waals surface area contributed by atoms with E-state index in [1.165, 1.54) is 18.2 Å². The molecule has 5 nitrogen and oxygen atoms in total. The Labute approximate surface area is 172 Å². The molecular formula is C21H24F4N4O. The second-order valence-corrected chi connectivity index (χ2v) is 8.01. The Hall–Kier alpha value is -2.58. The van der Waals surface area contributed by atoms with Crippen LogP contribution >= 0.6 is 0 Å². The van der Waals surface area contributed by atoms with Crippen LogP contribution < -0.4 is 5.32 Å². The fourth-order valence-electron chi connectivity index (χ4n) is 4.34. The third-order valence-corrected chi connectivity index (χ3v) is 6.01. The van der Waals surface area contributed by atoms with E-state index >= 15 is 0 Å². The molecule has 30 heavy (non-hydrogen) atoms. The summed E-state index contributed by atoms with van der Waals surface area (Å²) in [4.78, 5) is 14.3. The van der Waals surface area contributed by atoms with Gasteiger partial charge < -0.3 is 10.2 Å². The summed E-state index contributed by atoms with van der Waals surface area (Å²) in [7, 11) is 0. The summed E-state index contributed by atoms with van der Waals surface area (Å²) < 4.78 is 55.9. The number of aromatic nitrogens is 2. The average Bonchev–Trinajstić information content (AvgIpc) is 3.16. The highest BCUT2D eigenvalue weighted by molar-refractivity contribution is 5.94. The summed E-state index contributed by atoms with van der Waals surface area (Å²) in [5.41, 5.74) is 0.543. The van der Waals surface area contributed by atoms with Gasteiger partial charge in [0.1, 0.15) is 11.6 Å². The number of carbonyl (C=O) groups excluding carboxylic acids is 1. The lowest BCUT2D eigenvalue weighted by atomic mass is 9.94. The SMILES string of the molecule is CC[C@@H]1C[C@H](C(F)(F)F)n2nc([C@@H]3CCCN(C(=O)c4ccccc4F)C3)cc2N1. The van der Waals surface area contributed by atoms with E-state index in [1.807, 2.05) is 6.92 Å². The van der Waals surface area contributed by atoms with E-state index in [2.05, 4.69) is 10.4 Å². The summed E-state index contributed by atoms with van der Waals surface area (Å²) in [6, 6.07) is 5.56. The van der Waals surface area contributed by atoms with Crippen molar-refractivity contribution >= 4 is 11.7 Å². The molecule has 1 aromatic carbocycles. The first kappa shape index (κ1) is 20.7. The summed E-state index contributed by atoms with van der Waals surface area (Å²) in [5.74, 6) is -0.810. The van der Waals surface area contributed by atoms with Crippen LogP contribution in [0.3, 0.4) is 0 Å². The van der Waals surface area contributed by atoms with Crippen molar-refractivity contribution in [3.05, 3.63) is 47.4 Å². The molecule has 0 unspecified atom stereocenters. The fourth-order valence-corrected chi connectivity index (χ4v) is 4.34. The number of anilines is 1. The molecule has 0 radical (unpaired) electrons. The topological polar surface area (TPSA) is 50.2 Å². The van der Waals surface area contributed by atoms with Crippen LogP contribution in [0.2, 0.25) is 0 Å². The quantitative estimate of drug-likeness (QED) is 0.725. The zero-order valence-corrected chi connectivity index (χ0v) is 16.6. The predicted molar refractivity (Wildman–Crippen MR) is 104 cm³/mol. The van der Waals surface area contributed by atoms with E-state index in [1.54, 1.807) is 17.0 Å². The molecule has 3 atom stereocenters. The second kappa shape index (κ2) is 7.92. The van der Waals surface area contributed by atoms with Gasteiger partial charge in [0.05, 0.1) is 11.3 Å². The zero-order valence-electron chi connectivity index (χ0n) is 16.6. The molecule has 2 aliphatic rings. The van der Waals surface area contributed by atoms with E-state index < -0.39 is 23.9 Å². The minimum Gasteiger partial charge on any atom is -0.367 e. The van der Waals surface area contributed by atoms with Gasteiger partial charge in [-0.05, 0) is 37.8 Å². The van der Waals surface area contributed by atoms with Crippen molar-refractivity contribution in [1.29, 1.82) is 0 Å². The number of amides is 1. The molecule has 1 N–H and O–H groups in total. The molecule has 2 aliphatic heterocycles. The molecule has 0 saturated carbocycles. The van der Waals surface area contributed by atoms with E-state index in [9.17, 15) is 22.4 Å². The van der Waals surface area contributed by atoms with E-state index in [0.717, 1.165) is 4.68 Å². The smallest absolute Gasteiger partial charge is 0.367 e. The molecule has 1 aromatic heterocycles. The van der Waals surface area contributed by atoms with Gasteiger partial charge in [0.2, 0.25) is 0 Å². The molecule has 162 valence electrons. The number of hydrogen-bond acceptors (Lipinski definition) is 3. The molecule has 2 aromatic rings. The number of fused-ring (bicyclic) bond motifs is 1. The van der Waals surface area contributed by atoms with Gasteiger partial charge in [-0.15, -0.1) is 0 Å². The number of nitrogens with one attached hydrogen (secondary N) is 1. The van der Waals surface area contributed by atoms with Gasteiger partial charge in [-0.3, -0.25) is 4.79 Å². The largest absolute Gasteiger partial charge is 0.410 e. The Morgan fingerprint density at radius 2 is 2.07 bits per heavy atom. The van der Waals surface area contributed by atoms with Crippen LogP contribution in [-0.2, 0) is 0 Å². The molecule has 0 aliphatic carbocycles. The van der Waals surface area contributed by atoms with Crippen LogP contribution in [0.15, 0.2) is 30.3 Å². The first-order valence-electron chi connectivity index (χ1n) is 10.2. The number of carbonyl (C=O) groups is 1. The molecule has 4 rings (SSSR count). The van der Waals surface area contributed by atoms with E-state index in [-0.39, 0.29) is 23.9 Å². The molecule has 3 heterocycles. The van der Waals surface area contributed by atoms with Crippen LogP contribution in [-0.4, -0.2) is 45.9 Å². The lowest BCUT2D eigenvalue weighted by molar-refractivity contribution is -0.173. The second-order valence-electron chi connectivity index (χ2n) is 8.01. The first-order valence-corrected chi connectivity index (χ1v) is 10.2. The average molecular weight is 424 g/mol. The molecule has 0 bridgehead atoms. The van der Waals surface area contributed by atoms with Crippen LogP contribution in [0.25, 0.3) is 0 Å². The number of hydrogen-bond donors (Lipinski definition) is 1. The minimum absolute atomic E-state index is 0.00637. The Morgan fingerprint density at radius 1 is 1.30 bits per heavy atom. The van der Waals surface area contributed by atoms with Crippen molar-refractivity contribution in [3.63, 3.8) is 0 Å². The Kier molecular flexibility index (Phi) is 5.46. The number of likely N-dealkylation sites (tertiary alicyclic amines) is 1. The van der Waals surface area contributed by atoms with E-state index in [4.69, 9.17) is 0 Å². The van der Waals surface area contributed by atoms with Crippen molar-refractivity contribution in [1.82, 2.24) is 14.7 Å². The van der Waals surface area contributed by atoms with Gasteiger partial charge in [0, 0.05) is 31.1 Å². The zero-order chi connectivity index (χ0) is 21.5. The van der Waals surface area contributed by atoms with Crippen molar-refractivity contribution in [3.8, 4) is 0 Å². The van der Waals surface area contributed by atoms with Gasteiger partial charge >= 0.3 is 6.18 Å². The molecule has 0 spiro atoms. The van der Waals surface area contributed by atoms with Crippen LogP contribution in [0.4, 0.5) is 23.4 Å². The summed E-state index contributed by atoms with van der Waals surface area (Å²) in [5, 5.41) is 7.44. The number of benzene rings is 1. The van der Waals surface area contributed by atoms with Gasteiger partial charge in [0.15, 0.2) is 6.04 Å². The monoisotopic (exact) mass is 424 g/mol. The molecule has 1 saturated heterocycles. The number of alkyl halides is 3. The Balaban J connectivity index is 1.57. The maximum Gasteiger partial charge on any atom is 0.410 e. The predicted octanol–water partition coefficient (Wildman–Crippen LogP) is 4.74. The summed E-state index contributed by atoms with van der Waals surface area (Å²) >= 11 is 0. The fraction of sp³-hybridized carbons (Fsp3) is 0.524. The summed E-state index contributed by atoms with van der Waals surface area (Å²) in [6.45, 7) is 2.64. The van der Waals surface area contributed by atoms with Crippen molar-refractivity contribution in [2.45, 2.75) is 56.8 Å². The van der Waals surface area contributed by atoms with E-state index in [0.29, 0.717) is 43.9 Å². The van der Waals surface area contributed by atoms with Crippen molar-refractivity contribution < 1.29 is 22.4 Å². The highest BCUT2D eigenvalue weighted by Gasteiger charge is 2.46. The Morgan fingerprint density at radius 3 is 2.77 bits per heavy atom. The van der Waals surface area contributed by atoms with Gasteiger partial charge in [-0.25, -0.2) is 9.07 Å². The molecule has 1 amide bonds. The minimum atomic E-state index is -4.38. The number of rotatable bonds is 3.